The van der Waals surface area contributed by atoms with Crippen LogP contribution in [0.4, 0.5) is 4.79 Å². The fourth-order valence-corrected chi connectivity index (χ4v) is 5.98. The van der Waals surface area contributed by atoms with Crippen molar-refractivity contribution in [2.75, 3.05) is 6.61 Å². The number of benzene rings is 3. The first-order chi connectivity index (χ1) is 20.9. The number of nitrogens with one attached hydrogen (secondary N) is 1. The molecule has 1 atom stereocenters. The topological polar surface area (TPSA) is 111 Å². The molecule has 8 nitrogen and oxygen atoms in total. The number of aromatic nitrogens is 2. The van der Waals surface area contributed by atoms with E-state index in [0.29, 0.717) is 30.7 Å². The van der Waals surface area contributed by atoms with Gasteiger partial charge in [-0.3, -0.25) is 14.9 Å². The maximum Gasteiger partial charge on any atom is 0.336 e. The Kier molecular flexibility index (Phi) is 9.94. The van der Waals surface area contributed by atoms with Gasteiger partial charge in [-0.15, -0.1) is 0 Å². The summed E-state index contributed by atoms with van der Waals surface area (Å²) in [6.07, 6.45) is 7.35. The number of carboxylic acid groups (broad SMARTS) is 1. The van der Waals surface area contributed by atoms with Crippen LogP contribution in [0.25, 0.3) is 11.1 Å². The summed E-state index contributed by atoms with van der Waals surface area (Å²) in [7, 11) is 0. The minimum absolute atomic E-state index is 0.229. The van der Waals surface area contributed by atoms with Crippen LogP contribution >= 0.6 is 11.8 Å². The van der Waals surface area contributed by atoms with E-state index in [1.54, 1.807) is 12.1 Å². The lowest BCUT2D eigenvalue weighted by Crippen LogP contribution is -2.25. The van der Waals surface area contributed by atoms with Crippen molar-refractivity contribution in [3.63, 3.8) is 0 Å². The Labute approximate surface area is 255 Å². The van der Waals surface area contributed by atoms with E-state index in [1.165, 1.54) is 0 Å². The van der Waals surface area contributed by atoms with E-state index < -0.39 is 5.97 Å². The Morgan fingerprint density at radius 1 is 0.977 bits per heavy atom. The molecular formula is C34H35N3O5S. The number of thioether (sulfide) groups is 1. The molecule has 2 N–H and O–H groups in total. The van der Waals surface area contributed by atoms with Crippen molar-refractivity contribution < 1.29 is 24.2 Å². The maximum atomic E-state index is 11.8. The Hall–Kier alpha value is -4.37. The molecule has 1 aromatic heterocycles. The lowest BCUT2D eigenvalue weighted by molar-refractivity contribution is -0.118. The van der Waals surface area contributed by atoms with E-state index in [-0.39, 0.29) is 16.4 Å². The molecule has 0 radical (unpaired) electrons. The van der Waals surface area contributed by atoms with Crippen molar-refractivity contribution in [1.29, 1.82) is 0 Å². The highest BCUT2D eigenvalue weighted by atomic mass is 32.2. The predicted molar refractivity (Wildman–Crippen MR) is 168 cm³/mol. The molecule has 5 rings (SSSR count). The smallest absolute Gasteiger partial charge is 0.336 e. The van der Waals surface area contributed by atoms with E-state index in [4.69, 9.17) is 9.72 Å². The molecule has 1 saturated heterocycles. The van der Waals surface area contributed by atoms with Crippen molar-refractivity contribution >= 4 is 28.9 Å². The third-order valence-corrected chi connectivity index (χ3v) is 8.38. The number of hydrogen-bond acceptors (Lipinski definition) is 6. The molecule has 1 aliphatic rings. The van der Waals surface area contributed by atoms with Gasteiger partial charge >= 0.3 is 5.97 Å². The van der Waals surface area contributed by atoms with Crippen LogP contribution in [-0.2, 0) is 30.6 Å². The van der Waals surface area contributed by atoms with Gasteiger partial charge in [0, 0.05) is 19.2 Å². The molecule has 0 saturated carbocycles. The first-order valence-corrected chi connectivity index (χ1v) is 15.5. The predicted octanol–water partition coefficient (Wildman–Crippen LogP) is 6.54. The first kappa shape index (κ1) is 30.1. The van der Waals surface area contributed by atoms with Gasteiger partial charge in [0.1, 0.15) is 11.6 Å². The molecule has 4 aromatic rings. The average molecular weight is 598 g/mol. The number of hydrogen-bond donors (Lipinski definition) is 2. The van der Waals surface area contributed by atoms with Crippen LogP contribution in [0, 0.1) is 0 Å². The molecule has 0 aliphatic carbocycles. The zero-order valence-corrected chi connectivity index (χ0v) is 24.9. The molecule has 2 amide bonds. The number of carbonyl (C=O) groups excluding carboxylic acids is 2. The van der Waals surface area contributed by atoms with Gasteiger partial charge in [0.2, 0.25) is 5.91 Å². The van der Waals surface area contributed by atoms with Gasteiger partial charge in [0.25, 0.3) is 5.24 Å². The van der Waals surface area contributed by atoms with Crippen molar-refractivity contribution in [1.82, 2.24) is 14.9 Å². The van der Waals surface area contributed by atoms with Crippen LogP contribution in [0.5, 0.6) is 5.75 Å². The van der Waals surface area contributed by atoms with Gasteiger partial charge in [-0.2, -0.15) is 0 Å². The van der Waals surface area contributed by atoms with Crippen molar-refractivity contribution in [2.45, 2.75) is 57.2 Å². The molecule has 9 heteroatoms. The summed E-state index contributed by atoms with van der Waals surface area (Å²) >= 11 is 1.04. The number of aryl methyl sites for hydroxylation is 2. The quantitative estimate of drug-likeness (QED) is 0.159. The van der Waals surface area contributed by atoms with Crippen LogP contribution in [0.1, 0.15) is 59.2 Å². The third kappa shape index (κ3) is 7.93. The average Bonchev–Trinajstić information content (AvgIpc) is 3.55. The standard InChI is InChI=1S/C34H35N3O5S/c1-2-3-10-31-35-26(7-6-19-42-27-17-13-23(14-18-27)20-30-32(38)36-34(41)43-30)22-37(31)21-24-11-15-25(16-12-24)28-8-4-5-9-29(28)33(39)40/h4-5,8-9,11-18,22,30H,2-3,6-7,10,19-21H2,1H3,(H,39,40)(H,36,38,41). The second kappa shape index (κ2) is 14.2. The van der Waals surface area contributed by atoms with E-state index in [0.717, 1.165) is 77.8 Å². The monoisotopic (exact) mass is 597 g/mol. The molecule has 0 spiro atoms. The molecule has 0 bridgehead atoms. The summed E-state index contributed by atoms with van der Waals surface area (Å²) in [6.45, 7) is 3.44. The number of ether oxygens (including phenoxy) is 1. The normalized spacial score (nSPS) is 14.6. The van der Waals surface area contributed by atoms with Gasteiger partial charge in [0.15, 0.2) is 0 Å². The fourth-order valence-electron chi connectivity index (χ4n) is 5.12. The lowest BCUT2D eigenvalue weighted by Gasteiger charge is -2.10. The lowest BCUT2D eigenvalue weighted by atomic mass is 9.99. The van der Waals surface area contributed by atoms with Crippen molar-refractivity contribution in [3.05, 3.63) is 107 Å². The summed E-state index contributed by atoms with van der Waals surface area (Å²) < 4.78 is 8.17. The fraction of sp³-hybridized carbons (Fsp3) is 0.294. The first-order valence-electron chi connectivity index (χ1n) is 14.6. The largest absolute Gasteiger partial charge is 0.494 e. The Morgan fingerprint density at radius 3 is 2.42 bits per heavy atom. The van der Waals surface area contributed by atoms with Crippen LogP contribution in [0.15, 0.2) is 79.0 Å². The highest BCUT2D eigenvalue weighted by Crippen LogP contribution is 2.26. The Morgan fingerprint density at radius 2 is 1.72 bits per heavy atom. The summed E-state index contributed by atoms with van der Waals surface area (Å²) in [4.78, 5) is 39.8. The number of rotatable bonds is 14. The number of unbranched alkanes of at least 4 members (excludes halogenated alkanes) is 1. The van der Waals surface area contributed by atoms with Crippen molar-refractivity contribution in [3.8, 4) is 16.9 Å². The number of carbonyl (C=O) groups is 3. The Balaban J connectivity index is 1.15. The van der Waals surface area contributed by atoms with E-state index in [2.05, 4.69) is 35.1 Å². The number of nitrogens with zero attached hydrogens (tertiary/aromatic N) is 2. The second-order valence-electron chi connectivity index (χ2n) is 10.6. The summed E-state index contributed by atoms with van der Waals surface area (Å²) in [6, 6.07) is 22.8. The second-order valence-corrected chi connectivity index (χ2v) is 11.8. The molecule has 43 heavy (non-hydrogen) atoms. The highest BCUT2D eigenvalue weighted by molar-refractivity contribution is 8.15. The molecular weight excluding hydrogens is 562 g/mol. The molecule has 1 aliphatic heterocycles. The van der Waals surface area contributed by atoms with E-state index >= 15 is 0 Å². The number of imide groups is 1. The molecule has 1 fully saturated rings. The summed E-state index contributed by atoms with van der Waals surface area (Å²) in [5, 5.41) is 11.2. The summed E-state index contributed by atoms with van der Waals surface area (Å²) in [5.74, 6) is 0.684. The number of amides is 2. The minimum Gasteiger partial charge on any atom is -0.494 e. The van der Waals surface area contributed by atoms with Gasteiger partial charge in [-0.05, 0) is 66.1 Å². The molecule has 222 valence electrons. The zero-order valence-electron chi connectivity index (χ0n) is 24.1. The zero-order chi connectivity index (χ0) is 30.2. The van der Waals surface area contributed by atoms with E-state index in [9.17, 15) is 19.5 Å². The Bertz CT molecular complexity index is 1580. The number of imidazole rings is 1. The van der Waals surface area contributed by atoms with Crippen LogP contribution in [0.3, 0.4) is 0 Å². The highest BCUT2D eigenvalue weighted by Gasteiger charge is 2.31. The van der Waals surface area contributed by atoms with Gasteiger partial charge in [-0.1, -0.05) is 79.7 Å². The number of carboxylic acids is 1. The van der Waals surface area contributed by atoms with Gasteiger partial charge in [-0.25, -0.2) is 9.78 Å². The van der Waals surface area contributed by atoms with Crippen molar-refractivity contribution in [2.24, 2.45) is 0 Å². The minimum atomic E-state index is -0.931. The van der Waals surface area contributed by atoms with Crippen LogP contribution < -0.4 is 10.1 Å². The molecule has 3 aromatic carbocycles. The van der Waals surface area contributed by atoms with Gasteiger partial charge < -0.3 is 14.4 Å². The van der Waals surface area contributed by atoms with Crippen LogP contribution in [0.2, 0.25) is 0 Å². The third-order valence-electron chi connectivity index (χ3n) is 7.40. The van der Waals surface area contributed by atoms with Gasteiger partial charge in [0.05, 0.1) is 23.1 Å². The SMILES string of the molecule is CCCCc1nc(CCCOc2ccc(CC3SC(=O)NC3=O)cc2)cn1Cc1ccc(-c2ccccc2C(=O)O)cc1. The molecule has 2 heterocycles. The summed E-state index contributed by atoms with van der Waals surface area (Å²) in [5.41, 5.74) is 5.04. The van der Waals surface area contributed by atoms with Crippen LogP contribution in [-0.4, -0.2) is 43.6 Å². The number of aromatic carboxylic acids is 1. The maximum absolute atomic E-state index is 11.8. The van der Waals surface area contributed by atoms with E-state index in [1.807, 2.05) is 48.5 Å². The molecule has 1 unspecified atom stereocenters.